The minimum absolute atomic E-state index is 0.0914. The van der Waals surface area contributed by atoms with Crippen molar-refractivity contribution in [3.63, 3.8) is 0 Å². The highest BCUT2D eigenvalue weighted by molar-refractivity contribution is 14.1. The number of alkyl halides is 1. The largest absolute Gasteiger partial charge is 0.447 e. The third-order valence-corrected chi connectivity index (χ3v) is 11.5. The van der Waals surface area contributed by atoms with Gasteiger partial charge in [-0.1, -0.05) is 20.8 Å². The molecule has 0 aromatic carbocycles. The van der Waals surface area contributed by atoms with Gasteiger partial charge in [0.25, 0.3) is 0 Å². The number of esters is 1. The fourth-order valence-corrected chi connectivity index (χ4v) is 7.89. The van der Waals surface area contributed by atoms with Gasteiger partial charge in [-0.3, -0.25) is 19.3 Å². The normalized spacial score (nSPS) is 43.0. The fourth-order valence-electron chi connectivity index (χ4n) is 7.14. The molecule has 1 amide bonds. The summed E-state index contributed by atoms with van der Waals surface area (Å²) >= 11 is 1.82. The first kappa shape index (κ1) is 38.6. The smallest absolute Gasteiger partial charge is 0.425 e. The molecule has 0 aromatic rings. The number of aliphatic hydroxyl groups excluding tert-OH is 1. The highest BCUT2D eigenvalue weighted by Gasteiger charge is 2.60. The number of methoxy groups -OCH3 is 1. The molecular weight excluding hydrogens is 713 g/mol. The number of Topliss-reactive ketones (excluding diaryl/α,β-unsaturated/α-hetero) is 2. The Morgan fingerprint density at radius 3 is 2.35 bits per heavy atom. The molecule has 3 heterocycles. The van der Waals surface area contributed by atoms with E-state index >= 15 is 0 Å². The first-order chi connectivity index (χ1) is 21.3. The number of hydrogen-bond donors (Lipinski definition) is 2. The Hall–Kier alpha value is -1.87. The number of fused-ring (bicyclic) bond motifs is 1. The maximum absolute atomic E-state index is 14.0. The highest BCUT2D eigenvalue weighted by Crippen LogP contribution is 2.42. The summed E-state index contributed by atoms with van der Waals surface area (Å²) in [6.45, 7) is 12.1. The van der Waals surface area contributed by atoms with Gasteiger partial charge in [0.2, 0.25) is 0 Å². The summed E-state index contributed by atoms with van der Waals surface area (Å²) in [5.74, 6) is 3.42. The monoisotopic (exact) mass is 763 g/mol. The van der Waals surface area contributed by atoms with Gasteiger partial charge in [-0.25, -0.2) is 15.6 Å². The Balaban J connectivity index is 2.06. The number of nitrogens with zero attached hydrogens (tertiary/aromatic N) is 2. The van der Waals surface area contributed by atoms with E-state index in [0.717, 1.165) is 5.01 Å². The van der Waals surface area contributed by atoms with Crippen molar-refractivity contribution in [3.8, 4) is 12.3 Å². The zero-order chi connectivity index (χ0) is 34.9. The summed E-state index contributed by atoms with van der Waals surface area (Å²) in [6.07, 6.45) is 2.08. The second kappa shape index (κ2) is 15.1. The molecule has 3 aliphatic heterocycles. The van der Waals surface area contributed by atoms with Crippen LogP contribution in [0.25, 0.3) is 0 Å². The Morgan fingerprint density at radius 1 is 1.13 bits per heavy atom. The van der Waals surface area contributed by atoms with Crippen LogP contribution in [0.5, 0.6) is 0 Å². The Labute approximate surface area is 285 Å². The Kier molecular flexibility index (Phi) is 12.7. The molecule has 260 valence electrons. The number of rotatable bonds is 6. The van der Waals surface area contributed by atoms with Crippen molar-refractivity contribution >= 4 is 46.2 Å². The number of likely N-dealkylation sites (N-methyl/N-ethyl adjacent to an activating group) is 1. The van der Waals surface area contributed by atoms with Crippen LogP contribution in [0.2, 0.25) is 0 Å². The van der Waals surface area contributed by atoms with Gasteiger partial charge in [-0.15, -0.1) is 12.3 Å². The predicted molar refractivity (Wildman–Crippen MR) is 175 cm³/mol. The number of amides is 1. The van der Waals surface area contributed by atoms with Gasteiger partial charge in [0.1, 0.15) is 23.8 Å². The van der Waals surface area contributed by atoms with Crippen LogP contribution in [0.4, 0.5) is 4.79 Å². The number of terminal acetylenes is 1. The summed E-state index contributed by atoms with van der Waals surface area (Å²) < 4.78 is 28.9. The SMILES string of the molecule is C#CCCN(C)[C@H]1C[C@@H](C)O[C@@H](O[C@@H]2[C@@H](C)C(=O)[C@@H](C)C(=O)O[C@H](I)[C@@]3(C)OC(=O)N(N)[C@@H]3[C@@H](C)C(=O)[C@H](C)C[C@@]2(C)OC)[C@@H]1O. The average Bonchev–Trinajstić information content (AvgIpc) is 3.25. The molecule has 3 aliphatic rings. The van der Waals surface area contributed by atoms with Gasteiger partial charge in [-0.2, -0.15) is 0 Å². The molecule has 3 saturated heterocycles. The molecule has 3 rings (SSSR count). The molecule has 14 heteroatoms. The van der Waals surface area contributed by atoms with Gasteiger partial charge in [0.05, 0.1) is 17.8 Å². The van der Waals surface area contributed by atoms with Crippen LogP contribution in [0, 0.1) is 36.0 Å². The first-order valence-corrected chi connectivity index (χ1v) is 17.0. The molecule has 0 aliphatic carbocycles. The van der Waals surface area contributed by atoms with Gasteiger partial charge in [0, 0.05) is 43.9 Å². The minimum Gasteiger partial charge on any atom is -0.447 e. The van der Waals surface area contributed by atoms with Gasteiger partial charge >= 0.3 is 12.1 Å². The third kappa shape index (κ3) is 7.55. The summed E-state index contributed by atoms with van der Waals surface area (Å²) in [6, 6.07) is -1.32. The lowest BCUT2D eigenvalue weighted by atomic mass is 9.74. The highest BCUT2D eigenvalue weighted by atomic mass is 127. The van der Waals surface area contributed by atoms with E-state index in [-0.39, 0.29) is 24.3 Å². The van der Waals surface area contributed by atoms with E-state index in [1.54, 1.807) is 34.6 Å². The zero-order valence-corrected chi connectivity index (χ0v) is 30.4. The van der Waals surface area contributed by atoms with Crippen LogP contribution in [0.1, 0.15) is 67.7 Å². The van der Waals surface area contributed by atoms with Crippen molar-refractivity contribution < 1.29 is 48.0 Å². The van der Waals surface area contributed by atoms with Crippen LogP contribution in [0.15, 0.2) is 0 Å². The molecule has 13 atom stereocenters. The summed E-state index contributed by atoms with van der Waals surface area (Å²) in [7, 11) is 3.32. The molecule has 0 radical (unpaired) electrons. The lowest BCUT2D eigenvalue weighted by Crippen LogP contribution is -2.60. The van der Waals surface area contributed by atoms with E-state index in [4.69, 9.17) is 36.0 Å². The van der Waals surface area contributed by atoms with Crippen LogP contribution in [0.3, 0.4) is 0 Å². The van der Waals surface area contributed by atoms with Crippen molar-refractivity contribution in [1.29, 1.82) is 0 Å². The molecule has 0 unspecified atom stereocenters. The lowest BCUT2D eigenvalue weighted by molar-refractivity contribution is -0.296. The molecule has 0 saturated carbocycles. The van der Waals surface area contributed by atoms with Crippen molar-refractivity contribution in [2.24, 2.45) is 29.5 Å². The number of ketones is 2. The molecule has 3 fully saturated rings. The second-order valence-electron chi connectivity index (χ2n) is 13.5. The van der Waals surface area contributed by atoms with E-state index in [2.05, 4.69) is 5.92 Å². The summed E-state index contributed by atoms with van der Waals surface area (Å²) in [5, 5.41) is 12.3. The summed E-state index contributed by atoms with van der Waals surface area (Å²) in [4.78, 5) is 56.0. The number of halogens is 1. The van der Waals surface area contributed by atoms with Crippen LogP contribution < -0.4 is 5.84 Å². The maximum atomic E-state index is 14.0. The second-order valence-corrected chi connectivity index (χ2v) is 14.6. The van der Waals surface area contributed by atoms with E-state index in [1.165, 1.54) is 14.0 Å². The van der Waals surface area contributed by atoms with E-state index < -0.39 is 81.4 Å². The van der Waals surface area contributed by atoms with Crippen LogP contribution >= 0.6 is 22.6 Å². The number of ether oxygens (including phenoxy) is 5. The van der Waals surface area contributed by atoms with Crippen molar-refractivity contribution in [2.75, 3.05) is 20.7 Å². The van der Waals surface area contributed by atoms with Crippen molar-refractivity contribution in [2.45, 2.75) is 120 Å². The van der Waals surface area contributed by atoms with Crippen LogP contribution in [-0.4, -0.2) is 111 Å². The van der Waals surface area contributed by atoms with Gasteiger partial charge in [0.15, 0.2) is 21.8 Å². The molecule has 0 bridgehead atoms. The van der Waals surface area contributed by atoms with Gasteiger partial charge in [-0.05, 0) is 70.2 Å². The average molecular weight is 764 g/mol. The predicted octanol–water partition coefficient (Wildman–Crippen LogP) is 2.44. The Bertz CT molecular complexity index is 1200. The lowest BCUT2D eigenvalue weighted by Gasteiger charge is -2.47. The van der Waals surface area contributed by atoms with Crippen molar-refractivity contribution in [1.82, 2.24) is 9.91 Å². The number of aliphatic hydroxyl groups is 1. The Morgan fingerprint density at radius 2 is 1.76 bits per heavy atom. The molecule has 13 nitrogen and oxygen atoms in total. The first-order valence-electron chi connectivity index (χ1n) is 15.7. The zero-order valence-electron chi connectivity index (χ0n) is 28.2. The standard InChI is InChI=1S/C32H50IN3O10/c1-11-12-13-35(9)21-14-17(3)43-28(24(21)39)44-26-19(5)23(38)20(6)27(40)45-29(33)32(8)25(36(34)30(41)46-32)18(4)22(37)16(2)15-31(26,7)42-10/h1,16-21,24-26,28-29,39H,12-15,34H2,2-10H3/t16-,17-,18+,19+,20-,21+,24-,25-,26-,28+,29+,31-,32+/m1/s1. The molecule has 46 heavy (non-hydrogen) atoms. The molecule has 0 spiro atoms. The van der Waals surface area contributed by atoms with E-state index in [1.807, 2.05) is 41.5 Å². The number of cyclic esters (lactones) is 1. The number of carbonyl (C=O) groups excluding carboxylic acids is 4. The molecule has 3 N–H and O–H groups in total. The molecular formula is C32H50IN3O10. The molecule has 0 aromatic heterocycles. The number of nitrogens with two attached hydrogens (primary N) is 1. The topological polar surface area (TPSA) is 167 Å². The number of carbonyl (C=O) groups is 4. The van der Waals surface area contributed by atoms with E-state index in [0.29, 0.717) is 19.4 Å². The quantitative estimate of drug-likeness (QED) is 0.0773. The minimum atomic E-state index is -1.49. The number of hydrazine groups is 1. The van der Waals surface area contributed by atoms with E-state index in [9.17, 15) is 24.3 Å². The maximum Gasteiger partial charge on any atom is 0.425 e. The number of hydrogen-bond acceptors (Lipinski definition) is 12. The van der Waals surface area contributed by atoms with Crippen molar-refractivity contribution in [3.05, 3.63) is 0 Å². The fraction of sp³-hybridized carbons (Fsp3) is 0.812. The van der Waals surface area contributed by atoms with Crippen LogP contribution in [-0.2, 0) is 38.1 Å². The van der Waals surface area contributed by atoms with Gasteiger partial charge < -0.3 is 28.8 Å². The summed E-state index contributed by atoms with van der Waals surface area (Å²) in [5.41, 5.74) is -2.77. The third-order valence-electron chi connectivity index (χ3n) is 10.0.